The number of rotatable bonds is 59. The molecule has 0 heterocycles. The first kappa shape index (κ1) is 94.6. The molecule has 8 aromatic carbocycles. The summed E-state index contributed by atoms with van der Waals surface area (Å²) in [6, 6.07) is 51.2. The molecule has 650 valence electrons. The first-order valence-electron chi connectivity index (χ1n) is 41.7. The van der Waals surface area contributed by atoms with Crippen molar-refractivity contribution in [2.75, 3.05) is 106 Å². The highest BCUT2D eigenvalue weighted by Gasteiger charge is 2.17. The number of benzene rings is 8. The number of hydrogen-bond acceptors (Lipinski definition) is 24. The summed E-state index contributed by atoms with van der Waals surface area (Å²) in [6.45, 7) is 4.52. The Morgan fingerprint density at radius 3 is 0.689 bits per heavy atom. The van der Waals surface area contributed by atoms with Gasteiger partial charge in [-0.3, -0.25) is 0 Å². The molecule has 0 amide bonds. The molecule has 0 saturated carbocycles. The van der Waals surface area contributed by atoms with Crippen LogP contribution in [0.3, 0.4) is 0 Å². The highest BCUT2D eigenvalue weighted by atomic mass is 16.6. The van der Waals surface area contributed by atoms with Gasteiger partial charge in [0.25, 0.3) is 0 Å². The van der Waals surface area contributed by atoms with Gasteiger partial charge in [0.15, 0.2) is 0 Å². The minimum absolute atomic E-state index is 0.0680. The van der Waals surface area contributed by atoms with E-state index in [1.54, 1.807) is 48.6 Å². The van der Waals surface area contributed by atoms with E-state index < -0.39 is 35.8 Å². The number of unbranched alkanes of at least 4 members (excludes halogenated alkanes) is 15. The van der Waals surface area contributed by atoms with Crippen molar-refractivity contribution >= 4 is 71.5 Å². The zero-order valence-corrected chi connectivity index (χ0v) is 70.5. The lowest BCUT2D eigenvalue weighted by molar-refractivity contribution is -0.135. The molecule has 24 nitrogen and oxygen atoms in total. The number of anilines is 2. The lowest BCUT2D eigenvalue weighted by Gasteiger charge is -2.16. The highest BCUT2D eigenvalue weighted by molar-refractivity contribution is 5.92. The molecule has 0 bridgehead atoms. The van der Waals surface area contributed by atoms with E-state index in [0.717, 1.165) is 166 Å². The highest BCUT2D eigenvalue weighted by Crippen LogP contribution is 2.32. The summed E-state index contributed by atoms with van der Waals surface area (Å²) in [7, 11) is 5.36. The van der Waals surface area contributed by atoms with Crippen LogP contribution in [0.1, 0.15) is 183 Å². The van der Waals surface area contributed by atoms with Gasteiger partial charge in [-0.1, -0.05) is 48.5 Å². The Hall–Kier alpha value is -12.9. The molecule has 0 fully saturated rings. The maximum absolute atomic E-state index is 14.2. The molecule has 8 aromatic rings. The van der Waals surface area contributed by atoms with Crippen LogP contribution in [-0.4, -0.2) is 130 Å². The lowest BCUT2D eigenvalue weighted by atomic mass is 10.1. The average Bonchev–Trinajstić information content (AvgIpc) is 0.842. The summed E-state index contributed by atoms with van der Waals surface area (Å²) in [6.07, 6.45) is 28.8. The maximum atomic E-state index is 14.2. The second kappa shape index (κ2) is 55.8. The molecule has 0 aliphatic rings. The third kappa shape index (κ3) is 38.9. The van der Waals surface area contributed by atoms with Crippen LogP contribution in [0.4, 0.5) is 11.4 Å². The average molecular weight is 1670 g/mol. The Balaban J connectivity index is 0.916. The molecule has 122 heavy (non-hydrogen) atoms. The predicted octanol–water partition coefficient (Wildman–Crippen LogP) is 19.4. The normalized spacial score (nSPS) is 11.1. The van der Waals surface area contributed by atoms with Gasteiger partial charge in [-0.15, -0.1) is 0 Å². The fourth-order valence-electron chi connectivity index (χ4n) is 12.2. The van der Waals surface area contributed by atoms with Gasteiger partial charge in [-0.2, -0.15) is 0 Å². The molecule has 0 radical (unpaired) electrons. The van der Waals surface area contributed by atoms with E-state index in [4.69, 9.17) is 87.3 Å². The van der Waals surface area contributed by atoms with Crippen LogP contribution < -0.4 is 58.8 Å². The second-order valence-corrected chi connectivity index (χ2v) is 28.6. The Kier molecular flexibility index (Phi) is 43.3. The number of hydrogen-bond donors (Lipinski definition) is 2. The minimum atomic E-state index is -0.571. The number of carbonyl (C=O) groups is 6. The van der Waals surface area contributed by atoms with Crippen LogP contribution in [0.2, 0.25) is 0 Å². The standard InChI is InChI=1S/C98H116N2O22/c1-107-93(101)45-33-73-25-37-83(38-26-73)111-49-15-5-9-19-53-115-87-59-77(60-88(68-87)116-54-20-10-6-16-50-112-84-39-27-74(28-40-84)34-46-94(102)108-2)71-121-91-65-80(98(106)120-58-24-14-13-23-57-119-97(105)79-63-81(99)67-82(100)64-79)66-92(70-91)122-72-78-61-89(117-55-21-11-7-17-51-113-85-41-29-75(30-42-85)35-47-95(103)109-3)69-90(62-78)118-56-22-12-8-18-52-114-86-43-31-76(32-44-86)36-48-96(104)110-4/h25-48,59-70H,5-24,49-58,71-72,99-100H2,1-4H3. The molecular formula is C98H116N2O22. The third-order valence-corrected chi connectivity index (χ3v) is 18.8. The van der Waals surface area contributed by atoms with Gasteiger partial charge in [0, 0.05) is 53.9 Å². The molecule has 0 aliphatic heterocycles. The van der Waals surface area contributed by atoms with Gasteiger partial charge in [0.05, 0.1) is 106 Å². The Morgan fingerprint density at radius 1 is 0.238 bits per heavy atom. The molecule has 0 aromatic heterocycles. The Labute approximate surface area is 716 Å². The van der Waals surface area contributed by atoms with Crippen molar-refractivity contribution < 1.29 is 105 Å². The van der Waals surface area contributed by atoms with E-state index in [0.29, 0.717) is 118 Å². The fraction of sp³-hybridized carbons (Fsp3) is 0.367. The molecule has 0 spiro atoms. The minimum Gasteiger partial charge on any atom is -0.494 e. The van der Waals surface area contributed by atoms with E-state index in [2.05, 4.69) is 0 Å². The molecule has 0 unspecified atom stereocenters. The van der Waals surface area contributed by atoms with Crippen LogP contribution in [0.5, 0.6) is 57.5 Å². The zero-order valence-electron chi connectivity index (χ0n) is 70.5. The van der Waals surface area contributed by atoms with Gasteiger partial charge in [-0.25, -0.2) is 28.8 Å². The van der Waals surface area contributed by atoms with E-state index in [-0.39, 0.29) is 37.6 Å². The molecule has 0 aliphatic carbocycles. The van der Waals surface area contributed by atoms with Crippen LogP contribution in [0.25, 0.3) is 24.3 Å². The SMILES string of the molecule is COC(=O)C=Cc1ccc(OCCCCCCOc2cc(COc3cc(OCc4cc(OCCCCCCOc5ccc(C=CC(=O)OC)cc5)cc(OCCCCCCOc5ccc(C=CC(=O)OC)cc5)c4)cc(C(=O)OCCCCCCOC(=O)c4cc(N)cc(N)c4)c3)cc(OCCCCCCOc3ccc(C=CC(=O)OC)cc3)c2)cc1. The summed E-state index contributed by atoms with van der Waals surface area (Å²) in [4.78, 5) is 73.0. The lowest BCUT2D eigenvalue weighted by Crippen LogP contribution is -2.09. The number of nitrogen functional groups attached to an aromatic ring is 2. The van der Waals surface area contributed by atoms with Crippen LogP contribution in [0, 0.1) is 0 Å². The van der Waals surface area contributed by atoms with Gasteiger partial charge >= 0.3 is 35.8 Å². The smallest absolute Gasteiger partial charge is 0.338 e. The maximum Gasteiger partial charge on any atom is 0.338 e. The molecule has 4 N–H and O–H groups in total. The Morgan fingerprint density at radius 2 is 0.451 bits per heavy atom. The largest absolute Gasteiger partial charge is 0.494 e. The van der Waals surface area contributed by atoms with Crippen molar-refractivity contribution in [1.29, 1.82) is 0 Å². The monoisotopic (exact) mass is 1670 g/mol. The summed E-state index contributed by atoms with van der Waals surface area (Å²) in [5.41, 5.74) is 18.0. The van der Waals surface area contributed by atoms with Crippen molar-refractivity contribution in [2.45, 2.75) is 142 Å². The molecule has 0 saturated heterocycles. The van der Waals surface area contributed by atoms with Crippen molar-refractivity contribution in [2.24, 2.45) is 0 Å². The van der Waals surface area contributed by atoms with Crippen LogP contribution in [-0.2, 0) is 60.8 Å². The first-order chi connectivity index (χ1) is 59.6. The van der Waals surface area contributed by atoms with Crippen molar-refractivity contribution in [1.82, 2.24) is 0 Å². The molecular weight excluding hydrogens is 1560 g/mol. The quantitative estimate of drug-likeness (QED) is 0.0118. The number of nitrogens with two attached hydrogens (primary N) is 2. The van der Waals surface area contributed by atoms with Gasteiger partial charge in [0.2, 0.25) is 0 Å². The third-order valence-electron chi connectivity index (χ3n) is 18.8. The number of esters is 6. The van der Waals surface area contributed by atoms with E-state index in [9.17, 15) is 28.8 Å². The number of ether oxygens (including phenoxy) is 16. The fourth-order valence-corrected chi connectivity index (χ4v) is 12.2. The van der Waals surface area contributed by atoms with Crippen LogP contribution >= 0.6 is 0 Å². The van der Waals surface area contributed by atoms with Crippen molar-refractivity contribution in [3.8, 4) is 57.5 Å². The van der Waals surface area contributed by atoms with E-state index in [1.807, 2.05) is 133 Å². The van der Waals surface area contributed by atoms with E-state index >= 15 is 0 Å². The Bertz CT molecular complexity index is 4130. The second-order valence-electron chi connectivity index (χ2n) is 28.6. The topological polar surface area (TPSA) is 302 Å². The van der Waals surface area contributed by atoms with E-state index in [1.165, 1.54) is 64.9 Å². The van der Waals surface area contributed by atoms with Gasteiger partial charge in [0.1, 0.15) is 70.7 Å². The van der Waals surface area contributed by atoms with Crippen LogP contribution in [0.15, 0.2) is 194 Å². The van der Waals surface area contributed by atoms with Gasteiger partial charge < -0.3 is 87.3 Å². The number of carbonyl (C=O) groups excluding carboxylic acids is 6. The molecule has 24 heteroatoms. The molecule has 8 rings (SSSR count). The summed E-state index contributed by atoms with van der Waals surface area (Å²) >= 11 is 0. The number of methoxy groups -OCH3 is 4. The van der Waals surface area contributed by atoms with Crippen molar-refractivity contribution in [3.05, 3.63) is 239 Å². The van der Waals surface area contributed by atoms with Gasteiger partial charge in [-0.05, 0) is 289 Å². The first-order valence-corrected chi connectivity index (χ1v) is 41.7. The molecule has 0 atom stereocenters. The zero-order chi connectivity index (χ0) is 86.4. The summed E-state index contributed by atoms with van der Waals surface area (Å²) < 4.78 is 93.1. The van der Waals surface area contributed by atoms with Crippen molar-refractivity contribution in [3.63, 3.8) is 0 Å². The predicted molar refractivity (Wildman–Crippen MR) is 470 cm³/mol. The summed E-state index contributed by atoms with van der Waals surface area (Å²) in [5.74, 6) is 3.37. The summed E-state index contributed by atoms with van der Waals surface area (Å²) in [5, 5.41) is 0.